The molecule has 2 aromatic rings. The summed E-state index contributed by atoms with van der Waals surface area (Å²) >= 11 is 0. The first-order valence-electron chi connectivity index (χ1n) is 7.46. The Hall–Kier alpha value is -2.27. The summed E-state index contributed by atoms with van der Waals surface area (Å²) in [6.07, 6.45) is 0.621. The van der Waals surface area contributed by atoms with E-state index in [1.165, 1.54) is 6.07 Å². The van der Waals surface area contributed by atoms with Gasteiger partial charge < -0.3 is 10.4 Å². The number of aliphatic hydroxyl groups is 1. The van der Waals surface area contributed by atoms with Crippen LogP contribution in [0.1, 0.15) is 29.0 Å². The molecule has 3 nitrogen and oxygen atoms in total. The number of rotatable bonds is 4. The van der Waals surface area contributed by atoms with Crippen LogP contribution in [0.3, 0.4) is 0 Å². The number of hydrogen-bond donors (Lipinski definition) is 2. The highest BCUT2D eigenvalue weighted by Gasteiger charge is 2.44. The lowest BCUT2D eigenvalue weighted by Gasteiger charge is -2.10. The van der Waals surface area contributed by atoms with Crippen LogP contribution in [0.15, 0.2) is 36.4 Å². The molecule has 1 saturated carbocycles. The molecular formula is C18H17F2NO2. The van der Waals surface area contributed by atoms with Crippen molar-refractivity contribution in [1.29, 1.82) is 0 Å². The van der Waals surface area contributed by atoms with Crippen molar-refractivity contribution in [2.75, 3.05) is 5.32 Å². The summed E-state index contributed by atoms with van der Waals surface area (Å²) < 4.78 is 26.2. The number of amides is 1. The number of hydrogen-bond acceptors (Lipinski definition) is 2. The molecule has 0 aromatic heterocycles. The maximum Gasteiger partial charge on any atom is 0.228 e. The van der Waals surface area contributed by atoms with E-state index in [-0.39, 0.29) is 24.3 Å². The minimum absolute atomic E-state index is 0.0774. The third-order valence-corrected chi connectivity index (χ3v) is 4.24. The first-order chi connectivity index (χ1) is 11.0. The van der Waals surface area contributed by atoms with E-state index in [1.807, 2.05) is 13.0 Å². The topological polar surface area (TPSA) is 49.3 Å². The third-order valence-electron chi connectivity index (χ3n) is 4.24. The summed E-state index contributed by atoms with van der Waals surface area (Å²) in [5, 5.41) is 12.0. The second kappa shape index (κ2) is 6.08. The van der Waals surface area contributed by atoms with Crippen LogP contribution in [0, 0.1) is 24.5 Å². The quantitative estimate of drug-likeness (QED) is 0.906. The van der Waals surface area contributed by atoms with Crippen molar-refractivity contribution in [3.8, 4) is 0 Å². The van der Waals surface area contributed by atoms with Crippen molar-refractivity contribution < 1.29 is 18.7 Å². The van der Waals surface area contributed by atoms with Crippen molar-refractivity contribution >= 4 is 11.6 Å². The van der Waals surface area contributed by atoms with E-state index in [1.54, 1.807) is 12.1 Å². The molecule has 2 aromatic carbocycles. The Bertz CT molecular complexity index is 761. The average molecular weight is 317 g/mol. The predicted molar refractivity (Wildman–Crippen MR) is 82.9 cm³/mol. The van der Waals surface area contributed by atoms with Crippen molar-refractivity contribution in [3.63, 3.8) is 0 Å². The normalized spacial score (nSPS) is 19.5. The Morgan fingerprint density at radius 1 is 1.22 bits per heavy atom. The molecule has 2 unspecified atom stereocenters. The fraction of sp³-hybridized carbons (Fsp3) is 0.278. The van der Waals surface area contributed by atoms with Crippen molar-refractivity contribution in [1.82, 2.24) is 0 Å². The van der Waals surface area contributed by atoms with E-state index in [9.17, 15) is 13.6 Å². The van der Waals surface area contributed by atoms with Gasteiger partial charge in [-0.3, -0.25) is 4.79 Å². The molecule has 0 heterocycles. The summed E-state index contributed by atoms with van der Waals surface area (Å²) in [6, 6.07) is 9.14. The molecule has 0 spiro atoms. The van der Waals surface area contributed by atoms with Crippen LogP contribution in [0.2, 0.25) is 0 Å². The minimum atomic E-state index is -0.889. The highest BCUT2D eigenvalue weighted by molar-refractivity contribution is 5.95. The van der Waals surface area contributed by atoms with E-state index in [0.717, 1.165) is 23.3 Å². The minimum Gasteiger partial charge on any atom is -0.392 e. The van der Waals surface area contributed by atoms with Gasteiger partial charge in [0, 0.05) is 11.6 Å². The fourth-order valence-electron chi connectivity index (χ4n) is 2.72. The van der Waals surface area contributed by atoms with E-state index >= 15 is 0 Å². The number of aliphatic hydroxyl groups excluding tert-OH is 1. The first-order valence-corrected chi connectivity index (χ1v) is 7.46. The SMILES string of the molecule is Cc1ccc(CO)cc1NC(=O)C1CC1c1ccc(F)c(F)c1. The van der Waals surface area contributed by atoms with E-state index in [4.69, 9.17) is 5.11 Å². The first kappa shape index (κ1) is 15.6. The van der Waals surface area contributed by atoms with Crippen LogP contribution < -0.4 is 5.32 Å². The van der Waals surface area contributed by atoms with Gasteiger partial charge in [0.05, 0.1) is 6.61 Å². The van der Waals surface area contributed by atoms with Gasteiger partial charge in [-0.1, -0.05) is 18.2 Å². The second-order valence-corrected chi connectivity index (χ2v) is 5.92. The number of carbonyl (C=O) groups excluding carboxylic acids is 1. The number of benzene rings is 2. The van der Waals surface area contributed by atoms with Crippen LogP contribution in [0.4, 0.5) is 14.5 Å². The molecule has 3 rings (SSSR count). The summed E-state index contributed by atoms with van der Waals surface area (Å²) in [5.74, 6) is -2.23. The Kier molecular flexibility index (Phi) is 4.13. The largest absolute Gasteiger partial charge is 0.392 e. The smallest absolute Gasteiger partial charge is 0.228 e. The molecule has 0 aliphatic heterocycles. The molecule has 2 N–H and O–H groups in total. The van der Waals surface area contributed by atoms with Crippen LogP contribution in [-0.2, 0) is 11.4 Å². The number of anilines is 1. The van der Waals surface area contributed by atoms with Gasteiger partial charge in [0.15, 0.2) is 11.6 Å². The molecule has 1 fully saturated rings. The molecule has 23 heavy (non-hydrogen) atoms. The number of carbonyl (C=O) groups is 1. The second-order valence-electron chi connectivity index (χ2n) is 5.92. The molecular weight excluding hydrogens is 300 g/mol. The molecule has 1 aliphatic rings. The van der Waals surface area contributed by atoms with E-state index in [0.29, 0.717) is 17.7 Å². The van der Waals surface area contributed by atoms with Gasteiger partial charge >= 0.3 is 0 Å². The lowest BCUT2D eigenvalue weighted by molar-refractivity contribution is -0.117. The van der Waals surface area contributed by atoms with Gasteiger partial charge in [-0.15, -0.1) is 0 Å². The van der Waals surface area contributed by atoms with Crippen LogP contribution in [0.5, 0.6) is 0 Å². The number of nitrogens with one attached hydrogen (secondary N) is 1. The van der Waals surface area contributed by atoms with Gasteiger partial charge in [-0.05, 0) is 54.2 Å². The molecule has 2 atom stereocenters. The number of halogens is 2. The highest BCUT2D eigenvalue weighted by atomic mass is 19.2. The van der Waals surface area contributed by atoms with Crippen LogP contribution in [-0.4, -0.2) is 11.0 Å². The van der Waals surface area contributed by atoms with Crippen LogP contribution >= 0.6 is 0 Å². The van der Waals surface area contributed by atoms with Gasteiger partial charge in [0.1, 0.15) is 0 Å². The Morgan fingerprint density at radius 2 is 2.00 bits per heavy atom. The number of aryl methyl sites for hydroxylation is 1. The zero-order chi connectivity index (χ0) is 16.6. The van der Waals surface area contributed by atoms with Crippen molar-refractivity contribution in [2.24, 2.45) is 5.92 Å². The summed E-state index contributed by atoms with van der Waals surface area (Å²) in [7, 11) is 0. The third kappa shape index (κ3) is 3.24. The van der Waals surface area contributed by atoms with Crippen molar-refractivity contribution in [2.45, 2.75) is 25.9 Å². The maximum atomic E-state index is 13.3. The van der Waals surface area contributed by atoms with Crippen LogP contribution in [0.25, 0.3) is 0 Å². The Morgan fingerprint density at radius 3 is 2.70 bits per heavy atom. The molecule has 120 valence electrons. The van der Waals surface area contributed by atoms with Gasteiger partial charge in [-0.2, -0.15) is 0 Å². The lowest BCUT2D eigenvalue weighted by atomic mass is 10.1. The van der Waals surface area contributed by atoms with E-state index < -0.39 is 11.6 Å². The van der Waals surface area contributed by atoms with Gasteiger partial charge in [0.25, 0.3) is 0 Å². The molecule has 0 radical (unpaired) electrons. The Labute approximate surface area is 133 Å². The summed E-state index contributed by atoms with van der Waals surface area (Å²) in [4.78, 5) is 12.3. The molecule has 5 heteroatoms. The average Bonchev–Trinajstić information content (AvgIpc) is 3.33. The lowest BCUT2D eigenvalue weighted by Crippen LogP contribution is -2.15. The van der Waals surface area contributed by atoms with Gasteiger partial charge in [0.2, 0.25) is 5.91 Å². The standard InChI is InChI=1S/C18H17F2NO2/c1-10-2-3-11(9-22)6-17(10)21-18(23)14-8-13(14)12-4-5-15(19)16(20)7-12/h2-7,13-14,22H,8-9H2,1H3,(H,21,23). The zero-order valence-corrected chi connectivity index (χ0v) is 12.6. The molecule has 0 saturated heterocycles. The molecule has 1 amide bonds. The monoisotopic (exact) mass is 317 g/mol. The van der Waals surface area contributed by atoms with Crippen molar-refractivity contribution in [3.05, 3.63) is 64.7 Å². The maximum absolute atomic E-state index is 13.3. The van der Waals surface area contributed by atoms with E-state index in [2.05, 4.69) is 5.32 Å². The highest BCUT2D eigenvalue weighted by Crippen LogP contribution is 2.48. The summed E-state index contributed by atoms with van der Waals surface area (Å²) in [5.41, 5.74) is 2.93. The van der Waals surface area contributed by atoms with Gasteiger partial charge in [-0.25, -0.2) is 8.78 Å². The fourth-order valence-corrected chi connectivity index (χ4v) is 2.72. The predicted octanol–water partition coefficient (Wildman–Crippen LogP) is 3.51. The molecule has 0 bridgehead atoms. The zero-order valence-electron chi connectivity index (χ0n) is 12.6. The summed E-state index contributed by atoms with van der Waals surface area (Å²) in [6.45, 7) is 1.78. The molecule has 1 aliphatic carbocycles. The Balaban J connectivity index is 1.70.